The summed E-state index contributed by atoms with van der Waals surface area (Å²) >= 11 is 0. The molecule has 0 saturated heterocycles. The SMILES string of the molecule is CCCC/C=C/CCC(=O)NCC(=O)O. The Labute approximate surface area is 90.4 Å². The first-order valence-corrected chi connectivity index (χ1v) is 5.30. The lowest BCUT2D eigenvalue weighted by Crippen LogP contribution is -2.28. The summed E-state index contributed by atoms with van der Waals surface area (Å²) in [6.07, 6.45) is 8.45. The fourth-order valence-electron chi connectivity index (χ4n) is 1.03. The Kier molecular flexibility index (Phi) is 8.43. The van der Waals surface area contributed by atoms with Gasteiger partial charge in [-0.1, -0.05) is 31.9 Å². The van der Waals surface area contributed by atoms with Crippen LogP contribution in [0.5, 0.6) is 0 Å². The van der Waals surface area contributed by atoms with Crippen molar-refractivity contribution in [2.75, 3.05) is 6.54 Å². The number of carboxylic acid groups (broad SMARTS) is 1. The zero-order valence-corrected chi connectivity index (χ0v) is 9.16. The molecule has 0 saturated carbocycles. The molecule has 0 spiro atoms. The highest BCUT2D eigenvalue weighted by Gasteiger charge is 2.01. The average Bonchev–Trinajstić information content (AvgIpc) is 2.20. The lowest BCUT2D eigenvalue weighted by Gasteiger charge is -1.99. The normalized spacial score (nSPS) is 10.5. The minimum atomic E-state index is -1.01. The molecule has 0 aromatic rings. The van der Waals surface area contributed by atoms with Gasteiger partial charge in [-0.2, -0.15) is 0 Å². The number of hydrogen-bond donors (Lipinski definition) is 2. The molecule has 0 unspecified atom stereocenters. The van der Waals surface area contributed by atoms with Crippen LogP contribution in [0.2, 0.25) is 0 Å². The van der Waals surface area contributed by atoms with Crippen LogP contribution in [0.1, 0.15) is 39.0 Å². The van der Waals surface area contributed by atoms with Gasteiger partial charge in [0, 0.05) is 6.42 Å². The quantitative estimate of drug-likeness (QED) is 0.476. The van der Waals surface area contributed by atoms with Crippen molar-refractivity contribution in [3.8, 4) is 0 Å². The molecule has 0 aliphatic rings. The van der Waals surface area contributed by atoms with Gasteiger partial charge in [0.2, 0.25) is 5.91 Å². The van der Waals surface area contributed by atoms with Crippen LogP contribution in [-0.4, -0.2) is 23.5 Å². The lowest BCUT2D eigenvalue weighted by molar-refractivity contribution is -0.137. The van der Waals surface area contributed by atoms with Crippen molar-refractivity contribution >= 4 is 11.9 Å². The van der Waals surface area contributed by atoms with Gasteiger partial charge >= 0.3 is 5.97 Å². The second-order valence-electron chi connectivity index (χ2n) is 3.32. The molecule has 1 amide bonds. The Balaban J connectivity index is 3.38. The number of unbranched alkanes of at least 4 members (excludes halogenated alkanes) is 2. The maximum atomic E-state index is 11.0. The number of hydrogen-bond acceptors (Lipinski definition) is 2. The fraction of sp³-hybridized carbons (Fsp3) is 0.636. The smallest absolute Gasteiger partial charge is 0.322 e. The third-order valence-corrected chi connectivity index (χ3v) is 1.87. The van der Waals surface area contributed by atoms with Crippen molar-refractivity contribution in [2.24, 2.45) is 0 Å². The first-order chi connectivity index (χ1) is 7.16. The van der Waals surface area contributed by atoms with Crippen LogP contribution in [-0.2, 0) is 9.59 Å². The van der Waals surface area contributed by atoms with Crippen molar-refractivity contribution < 1.29 is 14.7 Å². The van der Waals surface area contributed by atoms with E-state index in [1.54, 1.807) is 0 Å². The number of carbonyl (C=O) groups is 2. The summed E-state index contributed by atoms with van der Waals surface area (Å²) in [6.45, 7) is 1.84. The van der Waals surface area contributed by atoms with E-state index in [1.807, 2.05) is 6.08 Å². The molecular formula is C11H19NO3. The first kappa shape index (κ1) is 13.7. The molecular weight excluding hydrogens is 194 g/mol. The molecule has 15 heavy (non-hydrogen) atoms. The molecule has 0 fully saturated rings. The van der Waals surface area contributed by atoms with Gasteiger partial charge in [0.25, 0.3) is 0 Å². The van der Waals surface area contributed by atoms with Gasteiger partial charge in [-0.15, -0.1) is 0 Å². The summed E-state index contributed by atoms with van der Waals surface area (Å²) in [5.74, 6) is -1.22. The van der Waals surface area contributed by atoms with E-state index in [0.717, 1.165) is 6.42 Å². The van der Waals surface area contributed by atoms with Crippen LogP contribution in [0.15, 0.2) is 12.2 Å². The Morgan fingerprint density at radius 1 is 1.27 bits per heavy atom. The minimum Gasteiger partial charge on any atom is -0.480 e. The Hall–Kier alpha value is -1.32. The topological polar surface area (TPSA) is 66.4 Å². The monoisotopic (exact) mass is 213 g/mol. The average molecular weight is 213 g/mol. The summed E-state index contributed by atoms with van der Waals surface area (Å²) in [7, 11) is 0. The number of carboxylic acids is 1. The van der Waals surface area contributed by atoms with E-state index >= 15 is 0 Å². The Bertz CT molecular complexity index is 224. The summed E-state index contributed by atoms with van der Waals surface area (Å²) in [6, 6.07) is 0. The number of aliphatic carboxylic acids is 1. The lowest BCUT2D eigenvalue weighted by atomic mass is 10.2. The van der Waals surface area contributed by atoms with E-state index in [4.69, 9.17) is 5.11 Å². The highest BCUT2D eigenvalue weighted by atomic mass is 16.4. The maximum Gasteiger partial charge on any atom is 0.322 e. The van der Waals surface area contributed by atoms with Gasteiger partial charge in [-0.25, -0.2) is 0 Å². The molecule has 4 heteroatoms. The predicted molar refractivity (Wildman–Crippen MR) is 58.5 cm³/mol. The number of allylic oxidation sites excluding steroid dienone is 2. The molecule has 0 aliphatic heterocycles. The van der Waals surface area contributed by atoms with E-state index in [1.165, 1.54) is 12.8 Å². The summed E-state index contributed by atoms with van der Waals surface area (Å²) in [5.41, 5.74) is 0. The summed E-state index contributed by atoms with van der Waals surface area (Å²) in [5, 5.41) is 10.6. The molecule has 0 bridgehead atoms. The summed E-state index contributed by atoms with van der Waals surface area (Å²) < 4.78 is 0. The van der Waals surface area contributed by atoms with Crippen molar-refractivity contribution in [3.05, 3.63) is 12.2 Å². The number of carbonyl (C=O) groups excluding carboxylic acids is 1. The fourth-order valence-corrected chi connectivity index (χ4v) is 1.03. The van der Waals surface area contributed by atoms with Crippen molar-refractivity contribution in [2.45, 2.75) is 39.0 Å². The van der Waals surface area contributed by atoms with Gasteiger partial charge in [0.15, 0.2) is 0 Å². The third-order valence-electron chi connectivity index (χ3n) is 1.87. The molecule has 0 aliphatic carbocycles. The zero-order valence-electron chi connectivity index (χ0n) is 9.16. The van der Waals surface area contributed by atoms with Gasteiger partial charge in [0.1, 0.15) is 6.54 Å². The molecule has 0 rings (SSSR count). The standard InChI is InChI=1S/C11H19NO3/c1-2-3-4-5-6-7-8-10(13)12-9-11(14)15/h5-6H,2-4,7-9H2,1H3,(H,12,13)(H,14,15)/b6-5+. The van der Waals surface area contributed by atoms with Gasteiger partial charge < -0.3 is 10.4 Å². The van der Waals surface area contributed by atoms with Crippen LogP contribution in [0.3, 0.4) is 0 Å². The van der Waals surface area contributed by atoms with E-state index in [-0.39, 0.29) is 12.5 Å². The molecule has 0 radical (unpaired) electrons. The Morgan fingerprint density at radius 3 is 2.53 bits per heavy atom. The molecule has 0 aromatic carbocycles. The zero-order chi connectivity index (χ0) is 11.5. The van der Waals surface area contributed by atoms with Gasteiger partial charge in [-0.05, 0) is 12.8 Å². The highest BCUT2D eigenvalue weighted by molar-refractivity contribution is 5.81. The number of nitrogens with one attached hydrogen (secondary N) is 1. The first-order valence-electron chi connectivity index (χ1n) is 5.30. The van der Waals surface area contributed by atoms with E-state index in [2.05, 4.69) is 18.3 Å². The number of rotatable bonds is 8. The molecule has 0 aromatic heterocycles. The summed E-state index contributed by atoms with van der Waals surface area (Å²) in [4.78, 5) is 21.2. The maximum absolute atomic E-state index is 11.0. The van der Waals surface area contributed by atoms with Gasteiger partial charge in [-0.3, -0.25) is 9.59 Å². The second-order valence-corrected chi connectivity index (χ2v) is 3.32. The van der Waals surface area contributed by atoms with Crippen LogP contribution in [0.4, 0.5) is 0 Å². The van der Waals surface area contributed by atoms with Crippen molar-refractivity contribution in [1.29, 1.82) is 0 Å². The largest absolute Gasteiger partial charge is 0.480 e. The molecule has 0 heterocycles. The number of amides is 1. The van der Waals surface area contributed by atoms with E-state index < -0.39 is 5.97 Å². The molecule has 4 nitrogen and oxygen atoms in total. The molecule has 0 atom stereocenters. The highest BCUT2D eigenvalue weighted by Crippen LogP contribution is 1.97. The van der Waals surface area contributed by atoms with Crippen molar-refractivity contribution in [1.82, 2.24) is 5.32 Å². The van der Waals surface area contributed by atoms with Crippen LogP contribution >= 0.6 is 0 Å². The van der Waals surface area contributed by atoms with Crippen LogP contribution < -0.4 is 5.32 Å². The van der Waals surface area contributed by atoms with E-state index in [9.17, 15) is 9.59 Å². The third kappa shape index (κ3) is 10.6. The second kappa shape index (κ2) is 9.24. The predicted octanol–water partition coefficient (Wildman–Crippen LogP) is 1.71. The van der Waals surface area contributed by atoms with Crippen LogP contribution in [0.25, 0.3) is 0 Å². The van der Waals surface area contributed by atoms with Crippen LogP contribution in [0, 0.1) is 0 Å². The Morgan fingerprint density at radius 2 is 1.93 bits per heavy atom. The minimum absolute atomic E-state index is 0.211. The molecule has 86 valence electrons. The van der Waals surface area contributed by atoms with Crippen molar-refractivity contribution in [3.63, 3.8) is 0 Å². The van der Waals surface area contributed by atoms with E-state index in [0.29, 0.717) is 12.8 Å². The molecule has 2 N–H and O–H groups in total. The van der Waals surface area contributed by atoms with Gasteiger partial charge in [0.05, 0.1) is 0 Å².